The van der Waals surface area contributed by atoms with Crippen molar-refractivity contribution in [3.63, 3.8) is 0 Å². The Morgan fingerprint density at radius 3 is 2.42 bits per heavy atom. The standard InChI is InChI=1S/C30H32N2O7S/c1-6-36-25(33)17-38-21-14-12-20(13-15-21)16-24-28(34)32-27(22-10-8-9-11-23(22)39-18(3)4)26(29(35)37-7-2)19(5)31-30(32)40-24/h8-16,18,27H,6-7,17H2,1-5H3/b24-16+/t27-/m1/s1. The van der Waals surface area contributed by atoms with E-state index in [9.17, 15) is 14.4 Å². The maximum atomic E-state index is 13.9. The van der Waals surface area contributed by atoms with Crippen LogP contribution >= 0.6 is 11.3 Å². The SMILES string of the molecule is CCOC(=O)COc1ccc(/C=c2/sc3n(c2=O)[C@H](c2ccccc2OC(C)C)C(C(=O)OCC)=C(C)N=3)cc1. The van der Waals surface area contributed by atoms with E-state index in [1.807, 2.05) is 38.1 Å². The molecule has 4 rings (SSSR count). The highest BCUT2D eigenvalue weighted by Crippen LogP contribution is 2.36. The maximum absolute atomic E-state index is 13.9. The van der Waals surface area contributed by atoms with Crippen LogP contribution in [0.25, 0.3) is 6.08 Å². The lowest BCUT2D eigenvalue weighted by Gasteiger charge is -2.26. The van der Waals surface area contributed by atoms with Crippen molar-refractivity contribution >= 4 is 29.4 Å². The summed E-state index contributed by atoms with van der Waals surface area (Å²) in [6, 6.07) is 13.6. The van der Waals surface area contributed by atoms with Gasteiger partial charge in [0.15, 0.2) is 11.4 Å². The van der Waals surface area contributed by atoms with E-state index < -0.39 is 18.0 Å². The average Bonchev–Trinajstić information content (AvgIpc) is 3.22. The van der Waals surface area contributed by atoms with Crippen LogP contribution in [0.4, 0.5) is 0 Å². The highest BCUT2D eigenvalue weighted by Gasteiger charge is 2.35. The molecule has 0 bridgehead atoms. The summed E-state index contributed by atoms with van der Waals surface area (Å²) in [5.41, 5.74) is 1.92. The lowest BCUT2D eigenvalue weighted by molar-refractivity contribution is -0.145. The van der Waals surface area contributed by atoms with Crippen LogP contribution in [-0.2, 0) is 19.1 Å². The molecule has 0 saturated heterocycles. The van der Waals surface area contributed by atoms with Gasteiger partial charge in [0.1, 0.15) is 17.5 Å². The lowest BCUT2D eigenvalue weighted by Crippen LogP contribution is -2.40. The number of esters is 2. The zero-order chi connectivity index (χ0) is 28.8. The van der Waals surface area contributed by atoms with Crippen LogP contribution in [0.1, 0.15) is 51.8 Å². The van der Waals surface area contributed by atoms with Crippen LogP contribution in [0.15, 0.2) is 69.6 Å². The fourth-order valence-electron chi connectivity index (χ4n) is 4.31. The Balaban J connectivity index is 1.78. The molecular weight excluding hydrogens is 532 g/mol. The summed E-state index contributed by atoms with van der Waals surface area (Å²) in [6.07, 6.45) is 1.65. The van der Waals surface area contributed by atoms with Gasteiger partial charge in [0.2, 0.25) is 0 Å². The van der Waals surface area contributed by atoms with Crippen LogP contribution in [0.2, 0.25) is 0 Å². The molecule has 0 N–H and O–H groups in total. The number of ether oxygens (including phenoxy) is 4. The van der Waals surface area contributed by atoms with Gasteiger partial charge in [0.25, 0.3) is 5.56 Å². The van der Waals surface area contributed by atoms with Gasteiger partial charge in [-0.05, 0) is 64.5 Å². The fraction of sp³-hybridized carbons (Fsp3) is 0.333. The summed E-state index contributed by atoms with van der Waals surface area (Å²) in [5.74, 6) is 0.107. The fourth-order valence-corrected chi connectivity index (χ4v) is 5.36. The number of hydrogen-bond acceptors (Lipinski definition) is 9. The Kier molecular flexibility index (Phi) is 9.21. The second-order valence-electron chi connectivity index (χ2n) is 9.17. The van der Waals surface area contributed by atoms with Gasteiger partial charge >= 0.3 is 11.9 Å². The monoisotopic (exact) mass is 564 g/mol. The van der Waals surface area contributed by atoms with E-state index >= 15 is 0 Å². The molecule has 40 heavy (non-hydrogen) atoms. The normalized spacial score (nSPS) is 14.9. The van der Waals surface area contributed by atoms with Crippen molar-refractivity contribution in [1.29, 1.82) is 0 Å². The molecule has 0 amide bonds. The third-order valence-corrected chi connectivity index (χ3v) is 6.92. The van der Waals surface area contributed by atoms with Crippen molar-refractivity contribution in [2.75, 3.05) is 19.8 Å². The highest BCUT2D eigenvalue weighted by atomic mass is 32.1. The number of nitrogens with zero attached hydrogens (tertiary/aromatic N) is 2. The van der Waals surface area contributed by atoms with Crippen LogP contribution < -0.4 is 24.4 Å². The molecule has 0 fully saturated rings. The molecule has 1 aliphatic rings. The number of fused-ring (bicyclic) bond motifs is 1. The number of para-hydroxylation sites is 1. The van der Waals surface area contributed by atoms with Gasteiger partial charge in [-0.3, -0.25) is 9.36 Å². The third-order valence-electron chi connectivity index (χ3n) is 5.93. The van der Waals surface area contributed by atoms with E-state index in [-0.39, 0.29) is 31.5 Å². The van der Waals surface area contributed by atoms with Crippen molar-refractivity contribution < 1.29 is 28.5 Å². The van der Waals surface area contributed by atoms with Crippen LogP contribution in [-0.4, -0.2) is 42.4 Å². The number of allylic oxidation sites excluding steroid dienone is 1. The summed E-state index contributed by atoms with van der Waals surface area (Å²) in [4.78, 5) is 43.7. The molecule has 0 aliphatic carbocycles. The Morgan fingerprint density at radius 2 is 1.75 bits per heavy atom. The Morgan fingerprint density at radius 1 is 1.05 bits per heavy atom. The molecule has 1 aromatic heterocycles. The van der Waals surface area contributed by atoms with Crippen molar-refractivity contribution in [3.8, 4) is 11.5 Å². The second kappa shape index (κ2) is 12.8. The number of aromatic nitrogens is 1. The van der Waals surface area contributed by atoms with Gasteiger partial charge in [-0.2, -0.15) is 0 Å². The number of carbonyl (C=O) groups is 2. The van der Waals surface area contributed by atoms with Gasteiger partial charge < -0.3 is 18.9 Å². The number of carbonyl (C=O) groups excluding carboxylic acids is 2. The third kappa shape index (κ3) is 6.34. The van der Waals surface area contributed by atoms with E-state index in [0.29, 0.717) is 37.7 Å². The topological polar surface area (TPSA) is 105 Å². The van der Waals surface area contributed by atoms with Crippen molar-refractivity contribution in [2.45, 2.75) is 46.8 Å². The van der Waals surface area contributed by atoms with E-state index in [0.717, 1.165) is 5.56 Å². The van der Waals surface area contributed by atoms with Gasteiger partial charge in [-0.15, -0.1) is 0 Å². The quantitative estimate of drug-likeness (QED) is 0.347. The molecular formula is C30H32N2O7S. The largest absolute Gasteiger partial charge is 0.491 e. The van der Waals surface area contributed by atoms with Gasteiger partial charge in [-0.25, -0.2) is 14.6 Å². The lowest BCUT2D eigenvalue weighted by atomic mass is 9.95. The summed E-state index contributed by atoms with van der Waals surface area (Å²) in [6.45, 7) is 9.35. The molecule has 3 aromatic rings. The molecule has 0 saturated carbocycles. The second-order valence-corrected chi connectivity index (χ2v) is 10.2. The number of thiazole rings is 1. The Hall–Kier alpha value is -4.18. The summed E-state index contributed by atoms with van der Waals surface area (Å²) in [5, 5.41) is 0. The average molecular weight is 565 g/mol. The van der Waals surface area contributed by atoms with E-state index in [4.69, 9.17) is 18.9 Å². The van der Waals surface area contributed by atoms with E-state index in [1.54, 1.807) is 51.1 Å². The first-order valence-corrected chi connectivity index (χ1v) is 13.9. The van der Waals surface area contributed by atoms with E-state index in [1.165, 1.54) is 15.9 Å². The summed E-state index contributed by atoms with van der Waals surface area (Å²) in [7, 11) is 0. The first-order valence-electron chi connectivity index (χ1n) is 13.1. The van der Waals surface area contributed by atoms with Crippen molar-refractivity contribution in [1.82, 2.24) is 4.57 Å². The molecule has 1 atom stereocenters. The van der Waals surface area contributed by atoms with Crippen LogP contribution in [0.5, 0.6) is 11.5 Å². The minimum atomic E-state index is -0.772. The predicted molar refractivity (Wildman–Crippen MR) is 151 cm³/mol. The first kappa shape index (κ1) is 28.8. The van der Waals surface area contributed by atoms with E-state index in [2.05, 4.69) is 4.99 Å². The number of rotatable bonds is 10. The molecule has 10 heteroatoms. The predicted octanol–water partition coefficient (Wildman–Crippen LogP) is 3.53. The van der Waals surface area contributed by atoms with Crippen molar-refractivity contribution in [3.05, 3.63) is 90.6 Å². The van der Waals surface area contributed by atoms with Crippen molar-refractivity contribution in [2.24, 2.45) is 4.99 Å². The zero-order valence-electron chi connectivity index (χ0n) is 23.1. The first-order chi connectivity index (χ1) is 19.2. The molecule has 2 aromatic carbocycles. The highest BCUT2D eigenvalue weighted by molar-refractivity contribution is 7.07. The minimum Gasteiger partial charge on any atom is -0.491 e. The number of hydrogen-bond donors (Lipinski definition) is 0. The smallest absolute Gasteiger partial charge is 0.344 e. The Labute approximate surface area is 236 Å². The summed E-state index contributed by atoms with van der Waals surface area (Å²) >= 11 is 1.24. The molecule has 0 unspecified atom stereocenters. The zero-order valence-corrected chi connectivity index (χ0v) is 23.9. The minimum absolute atomic E-state index is 0.114. The Bertz CT molecular complexity index is 1600. The molecule has 210 valence electrons. The molecule has 0 spiro atoms. The molecule has 1 aliphatic heterocycles. The van der Waals surface area contributed by atoms with Crippen LogP contribution in [0, 0.1) is 0 Å². The van der Waals surface area contributed by atoms with Gasteiger partial charge in [-0.1, -0.05) is 41.7 Å². The molecule has 0 radical (unpaired) electrons. The number of benzene rings is 2. The van der Waals surface area contributed by atoms with Gasteiger partial charge in [0, 0.05) is 5.56 Å². The van der Waals surface area contributed by atoms with Crippen LogP contribution in [0.3, 0.4) is 0 Å². The molecule has 9 nitrogen and oxygen atoms in total. The summed E-state index contributed by atoms with van der Waals surface area (Å²) < 4.78 is 23.8. The van der Waals surface area contributed by atoms with Gasteiger partial charge in [0.05, 0.1) is 35.1 Å². The maximum Gasteiger partial charge on any atom is 0.344 e. The molecule has 2 heterocycles.